The van der Waals surface area contributed by atoms with E-state index in [9.17, 15) is 4.79 Å². The normalized spacial score (nSPS) is 18.1. The Morgan fingerprint density at radius 1 is 1.40 bits per heavy atom. The molecule has 6 nitrogen and oxygen atoms in total. The SMILES string of the molecule is Cc1nccn1CCC1CCCCN1C(=O)c1cc(CC(C)C)on1. The van der Waals surface area contributed by atoms with Crippen LogP contribution in [0.1, 0.15) is 61.6 Å². The summed E-state index contributed by atoms with van der Waals surface area (Å²) < 4.78 is 7.49. The van der Waals surface area contributed by atoms with Gasteiger partial charge in [0.05, 0.1) is 0 Å². The first kappa shape index (κ1) is 17.7. The molecule has 0 saturated carbocycles. The Bertz CT molecular complexity index is 704. The molecule has 1 unspecified atom stereocenters. The maximum Gasteiger partial charge on any atom is 0.276 e. The average Bonchev–Trinajstić information content (AvgIpc) is 3.21. The summed E-state index contributed by atoms with van der Waals surface area (Å²) >= 11 is 0. The highest BCUT2D eigenvalue weighted by Crippen LogP contribution is 2.23. The Morgan fingerprint density at radius 3 is 2.96 bits per heavy atom. The largest absolute Gasteiger partial charge is 0.361 e. The molecular weight excluding hydrogens is 316 g/mol. The summed E-state index contributed by atoms with van der Waals surface area (Å²) in [5.41, 5.74) is 0.446. The molecule has 1 atom stereocenters. The van der Waals surface area contributed by atoms with Crippen molar-refractivity contribution < 1.29 is 9.32 Å². The first-order chi connectivity index (χ1) is 12.0. The predicted octanol–water partition coefficient (Wildman–Crippen LogP) is 3.46. The Labute approximate surface area is 149 Å². The zero-order valence-corrected chi connectivity index (χ0v) is 15.4. The number of aryl methyl sites for hydroxylation is 2. The first-order valence-corrected chi connectivity index (χ1v) is 9.29. The van der Waals surface area contributed by atoms with Gasteiger partial charge in [0.15, 0.2) is 5.69 Å². The molecule has 2 aromatic heterocycles. The lowest BCUT2D eigenvalue weighted by Gasteiger charge is -2.35. The van der Waals surface area contributed by atoms with Crippen LogP contribution in [0.2, 0.25) is 0 Å². The molecule has 1 saturated heterocycles. The van der Waals surface area contributed by atoms with Gasteiger partial charge in [0, 0.05) is 44.0 Å². The summed E-state index contributed by atoms with van der Waals surface area (Å²) in [5, 5.41) is 4.02. The van der Waals surface area contributed by atoms with Crippen molar-refractivity contribution in [3.63, 3.8) is 0 Å². The van der Waals surface area contributed by atoms with Gasteiger partial charge in [-0.1, -0.05) is 19.0 Å². The van der Waals surface area contributed by atoms with Crippen molar-refractivity contribution in [3.8, 4) is 0 Å². The molecule has 136 valence electrons. The smallest absolute Gasteiger partial charge is 0.276 e. The highest BCUT2D eigenvalue weighted by atomic mass is 16.5. The summed E-state index contributed by atoms with van der Waals surface area (Å²) in [7, 11) is 0. The van der Waals surface area contributed by atoms with Crippen molar-refractivity contribution in [2.24, 2.45) is 5.92 Å². The lowest BCUT2D eigenvalue weighted by Crippen LogP contribution is -2.44. The molecule has 1 amide bonds. The van der Waals surface area contributed by atoms with Crippen molar-refractivity contribution in [1.82, 2.24) is 19.6 Å². The molecule has 0 aromatic carbocycles. The van der Waals surface area contributed by atoms with Crippen molar-refractivity contribution in [1.29, 1.82) is 0 Å². The van der Waals surface area contributed by atoms with Crippen LogP contribution in [0.4, 0.5) is 0 Å². The maximum atomic E-state index is 12.9. The van der Waals surface area contributed by atoms with E-state index in [1.165, 1.54) is 6.42 Å². The molecule has 0 spiro atoms. The molecule has 1 aliphatic rings. The number of likely N-dealkylation sites (tertiary alicyclic amines) is 1. The Kier molecular flexibility index (Phi) is 5.56. The van der Waals surface area contributed by atoms with Gasteiger partial charge in [0.25, 0.3) is 5.91 Å². The zero-order chi connectivity index (χ0) is 17.8. The summed E-state index contributed by atoms with van der Waals surface area (Å²) in [5.74, 6) is 2.30. The number of hydrogen-bond acceptors (Lipinski definition) is 4. The molecule has 25 heavy (non-hydrogen) atoms. The molecular formula is C19H28N4O2. The standard InChI is InChI=1S/C19H28N4O2/c1-14(2)12-17-13-18(21-25-17)19(24)23-9-5-4-6-16(23)7-10-22-11-8-20-15(22)3/h8,11,13-14,16H,4-7,9-10,12H2,1-3H3. The minimum Gasteiger partial charge on any atom is -0.361 e. The molecule has 3 rings (SSSR count). The highest BCUT2D eigenvalue weighted by molar-refractivity contribution is 5.92. The van der Waals surface area contributed by atoms with Crippen LogP contribution in [0.25, 0.3) is 0 Å². The minimum absolute atomic E-state index is 0.00538. The summed E-state index contributed by atoms with van der Waals surface area (Å²) in [4.78, 5) is 19.2. The Balaban J connectivity index is 1.66. The van der Waals surface area contributed by atoms with Crippen LogP contribution in [0.3, 0.4) is 0 Å². The van der Waals surface area contributed by atoms with E-state index >= 15 is 0 Å². The van der Waals surface area contributed by atoms with E-state index in [0.717, 1.165) is 50.4 Å². The van der Waals surface area contributed by atoms with E-state index < -0.39 is 0 Å². The summed E-state index contributed by atoms with van der Waals surface area (Å²) in [6, 6.07) is 2.07. The lowest BCUT2D eigenvalue weighted by atomic mass is 9.98. The molecule has 6 heteroatoms. The van der Waals surface area contributed by atoms with Gasteiger partial charge in [-0.25, -0.2) is 4.98 Å². The number of nitrogens with zero attached hydrogens (tertiary/aromatic N) is 4. The lowest BCUT2D eigenvalue weighted by molar-refractivity contribution is 0.0584. The van der Waals surface area contributed by atoms with Crippen molar-refractivity contribution >= 4 is 5.91 Å². The zero-order valence-electron chi connectivity index (χ0n) is 15.4. The molecule has 0 radical (unpaired) electrons. The molecule has 2 aromatic rings. The first-order valence-electron chi connectivity index (χ1n) is 9.29. The molecule has 3 heterocycles. The number of aromatic nitrogens is 3. The third kappa shape index (κ3) is 4.30. The maximum absolute atomic E-state index is 12.9. The molecule has 1 aliphatic heterocycles. The predicted molar refractivity (Wildman–Crippen MR) is 95.3 cm³/mol. The second-order valence-corrected chi connectivity index (χ2v) is 7.38. The van der Waals surface area contributed by atoms with Crippen molar-refractivity contribution in [2.75, 3.05) is 6.54 Å². The van der Waals surface area contributed by atoms with Gasteiger partial charge in [-0.2, -0.15) is 0 Å². The fourth-order valence-electron chi connectivity index (χ4n) is 3.56. The van der Waals surface area contributed by atoms with Gasteiger partial charge in [-0.05, 0) is 38.5 Å². The third-order valence-electron chi connectivity index (χ3n) is 4.90. The number of carbonyl (C=O) groups is 1. The van der Waals surface area contributed by atoms with E-state index in [1.807, 2.05) is 30.3 Å². The number of amides is 1. The van der Waals surface area contributed by atoms with E-state index in [-0.39, 0.29) is 11.9 Å². The van der Waals surface area contributed by atoms with Crippen LogP contribution in [0.5, 0.6) is 0 Å². The number of rotatable bonds is 6. The molecule has 1 fully saturated rings. The van der Waals surface area contributed by atoms with Gasteiger partial charge in [0.1, 0.15) is 11.6 Å². The fraction of sp³-hybridized carbons (Fsp3) is 0.632. The van der Waals surface area contributed by atoms with Crippen LogP contribution in [0, 0.1) is 12.8 Å². The van der Waals surface area contributed by atoms with E-state index in [0.29, 0.717) is 11.6 Å². The van der Waals surface area contributed by atoms with Gasteiger partial charge in [-0.3, -0.25) is 4.79 Å². The van der Waals surface area contributed by atoms with Gasteiger partial charge in [-0.15, -0.1) is 0 Å². The Hall–Kier alpha value is -2.11. The number of piperidine rings is 1. The second-order valence-electron chi connectivity index (χ2n) is 7.38. The van der Waals surface area contributed by atoms with Crippen molar-refractivity contribution in [3.05, 3.63) is 35.7 Å². The van der Waals surface area contributed by atoms with Crippen LogP contribution < -0.4 is 0 Å². The Morgan fingerprint density at radius 2 is 2.24 bits per heavy atom. The molecule has 0 N–H and O–H groups in total. The van der Waals surface area contributed by atoms with E-state index in [2.05, 4.69) is 28.6 Å². The van der Waals surface area contributed by atoms with E-state index in [1.54, 1.807) is 0 Å². The summed E-state index contributed by atoms with van der Waals surface area (Å²) in [6.07, 6.45) is 8.86. The average molecular weight is 344 g/mol. The van der Waals surface area contributed by atoms with Gasteiger partial charge >= 0.3 is 0 Å². The van der Waals surface area contributed by atoms with Crippen LogP contribution >= 0.6 is 0 Å². The van der Waals surface area contributed by atoms with Crippen LogP contribution in [-0.2, 0) is 13.0 Å². The number of imidazole rings is 1. The third-order valence-corrected chi connectivity index (χ3v) is 4.90. The molecule has 0 aliphatic carbocycles. The van der Waals surface area contributed by atoms with Gasteiger partial charge in [0.2, 0.25) is 0 Å². The van der Waals surface area contributed by atoms with Gasteiger partial charge < -0.3 is 14.0 Å². The highest BCUT2D eigenvalue weighted by Gasteiger charge is 2.29. The molecule has 0 bridgehead atoms. The van der Waals surface area contributed by atoms with Crippen LogP contribution in [-0.4, -0.2) is 38.1 Å². The number of carbonyl (C=O) groups excluding carboxylic acids is 1. The monoisotopic (exact) mass is 344 g/mol. The van der Waals surface area contributed by atoms with Crippen molar-refractivity contribution in [2.45, 2.75) is 65.5 Å². The summed E-state index contributed by atoms with van der Waals surface area (Å²) in [6.45, 7) is 7.96. The fourth-order valence-corrected chi connectivity index (χ4v) is 3.56. The second kappa shape index (κ2) is 7.85. The van der Waals surface area contributed by atoms with Crippen LogP contribution in [0.15, 0.2) is 23.0 Å². The minimum atomic E-state index is 0.00538. The number of hydrogen-bond donors (Lipinski definition) is 0. The quantitative estimate of drug-likeness (QED) is 0.805. The topological polar surface area (TPSA) is 64.2 Å². The van der Waals surface area contributed by atoms with E-state index in [4.69, 9.17) is 4.52 Å².